The Morgan fingerprint density at radius 3 is 2.40 bits per heavy atom. The topological polar surface area (TPSA) is 48.3 Å². The standard InChI is InChI=1S/C18H16Cl2N4O/c1-9-7-10(2)23(21-9)16-11(3)22-24-17(12(4)25-18(16)24)14-6-5-13(19)8-15(14)20/h5-8H,1-4H3. The van der Waals surface area contributed by atoms with Crippen molar-refractivity contribution in [3.63, 3.8) is 0 Å². The SMILES string of the molecule is Cc1cc(C)n(-c2c(C)nn3c(-c4ccc(Cl)cc4Cl)c(C)oc23)n1. The van der Waals surface area contributed by atoms with Crippen molar-refractivity contribution in [1.29, 1.82) is 0 Å². The minimum absolute atomic E-state index is 0.555. The lowest BCUT2D eigenvalue weighted by Crippen LogP contribution is -2.00. The zero-order valence-corrected chi connectivity index (χ0v) is 15.8. The van der Waals surface area contributed by atoms with Crippen LogP contribution in [0.3, 0.4) is 0 Å². The van der Waals surface area contributed by atoms with Crippen molar-refractivity contribution >= 4 is 28.9 Å². The molecule has 4 aromatic rings. The number of oxazole rings is 1. The van der Waals surface area contributed by atoms with E-state index in [1.807, 2.05) is 44.5 Å². The number of nitrogens with zero attached hydrogens (tertiary/aromatic N) is 4. The molecule has 25 heavy (non-hydrogen) atoms. The largest absolute Gasteiger partial charge is 0.439 e. The van der Waals surface area contributed by atoms with Gasteiger partial charge in [0.1, 0.15) is 11.5 Å². The molecule has 1 aromatic carbocycles. The van der Waals surface area contributed by atoms with Crippen LogP contribution in [0.2, 0.25) is 10.0 Å². The second kappa shape index (κ2) is 5.64. The molecule has 0 radical (unpaired) electrons. The third-order valence-corrected chi connectivity index (χ3v) is 4.74. The van der Waals surface area contributed by atoms with Crippen LogP contribution in [0.4, 0.5) is 0 Å². The predicted molar refractivity (Wildman–Crippen MR) is 99.0 cm³/mol. The maximum atomic E-state index is 6.40. The zero-order valence-electron chi connectivity index (χ0n) is 14.3. The number of benzene rings is 1. The van der Waals surface area contributed by atoms with Crippen molar-refractivity contribution < 1.29 is 4.42 Å². The highest BCUT2D eigenvalue weighted by molar-refractivity contribution is 6.36. The molecule has 0 bridgehead atoms. The van der Waals surface area contributed by atoms with Gasteiger partial charge < -0.3 is 4.42 Å². The molecule has 0 aliphatic carbocycles. The number of hydrogen-bond acceptors (Lipinski definition) is 3. The lowest BCUT2D eigenvalue weighted by atomic mass is 10.1. The van der Waals surface area contributed by atoms with E-state index < -0.39 is 0 Å². The summed E-state index contributed by atoms with van der Waals surface area (Å²) in [6.45, 7) is 7.81. The Morgan fingerprint density at radius 2 is 1.76 bits per heavy atom. The second-order valence-corrected chi connectivity index (χ2v) is 6.96. The van der Waals surface area contributed by atoms with Crippen LogP contribution in [0, 0.1) is 27.7 Å². The number of rotatable bonds is 2. The Balaban J connectivity index is 2.02. The number of halogens is 2. The number of aryl methyl sites for hydroxylation is 4. The van der Waals surface area contributed by atoms with Crippen molar-refractivity contribution in [2.75, 3.05) is 0 Å². The van der Waals surface area contributed by atoms with Gasteiger partial charge in [0.25, 0.3) is 0 Å². The van der Waals surface area contributed by atoms with Crippen LogP contribution in [-0.4, -0.2) is 19.4 Å². The third-order valence-electron chi connectivity index (χ3n) is 4.19. The molecule has 0 saturated heterocycles. The highest BCUT2D eigenvalue weighted by atomic mass is 35.5. The van der Waals surface area contributed by atoms with Crippen molar-refractivity contribution in [2.24, 2.45) is 0 Å². The van der Waals surface area contributed by atoms with Gasteiger partial charge in [-0.25, -0.2) is 4.68 Å². The van der Waals surface area contributed by atoms with Gasteiger partial charge in [0.2, 0.25) is 5.71 Å². The average molecular weight is 375 g/mol. The number of aromatic nitrogens is 4. The van der Waals surface area contributed by atoms with E-state index in [1.54, 1.807) is 16.6 Å². The van der Waals surface area contributed by atoms with E-state index in [1.165, 1.54) is 0 Å². The molecule has 0 atom stereocenters. The summed E-state index contributed by atoms with van der Waals surface area (Å²) < 4.78 is 9.70. The minimum atomic E-state index is 0.555. The molecule has 0 N–H and O–H groups in total. The van der Waals surface area contributed by atoms with E-state index in [2.05, 4.69) is 10.2 Å². The van der Waals surface area contributed by atoms with Gasteiger partial charge in [-0.2, -0.15) is 14.7 Å². The molecule has 0 amide bonds. The number of hydrogen-bond donors (Lipinski definition) is 0. The molecule has 7 heteroatoms. The van der Waals surface area contributed by atoms with Crippen LogP contribution in [0.15, 0.2) is 28.7 Å². The van der Waals surface area contributed by atoms with Gasteiger partial charge in [0.05, 0.1) is 16.4 Å². The monoisotopic (exact) mass is 374 g/mol. The summed E-state index contributed by atoms with van der Waals surface area (Å²) in [7, 11) is 0. The summed E-state index contributed by atoms with van der Waals surface area (Å²) in [4.78, 5) is 0. The van der Waals surface area contributed by atoms with Crippen LogP contribution in [-0.2, 0) is 0 Å². The Hall–Kier alpha value is -2.24. The van der Waals surface area contributed by atoms with Crippen LogP contribution in [0.5, 0.6) is 0 Å². The molecule has 5 nitrogen and oxygen atoms in total. The first-order valence-corrected chi connectivity index (χ1v) is 8.60. The third kappa shape index (κ3) is 2.46. The van der Waals surface area contributed by atoms with E-state index >= 15 is 0 Å². The van der Waals surface area contributed by atoms with Gasteiger partial charge in [0, 0.05) is 16.3 Å². The molecule has 0 aliphatic rings. The fourth-order valence-electron chi connectivity index (χ4n) is 3.17. The fourth-order valence-corrected chi connectivity index (χ4v) is 3.67. The van der Waals surface area contributed by atoms with Gasteiger partial charge in [0.15, 0.2) is 5.69 Å². The summed E-state index contributed by atoms with van der Waals surface area (Å²) in [5.74, 6) is 0.731. The summed E-state index contributed by atoms with van der Waals surface area (Å²) in [6, 6.07) is 7.42. The molecule has 0 fully saturated rings. The highest BCUT2D eigenvalue weighted by Gasteiger charge is 2.24. The summed E-state index contributed by atoms with van der Waals surface area (Å²) >= 11 is 12.4. The van der Waals surface area contributed by atoms with E-state index in [0.29, 0.717) is 15.8 Å². The molecule has 0 spiro atoms. The first-order valence-electron chi connectivity index (χ1n) is 7.84. The summed E-state index contributed by atoms with van der Waals surface area (Å²) in [5.41, 5.74) is 5.91. The Labute approximate surface area is 154 Å². The summed E-state index contributed by atoms with van der Waals surface area (Å²) in [5, 5.41) is 10.4. The van der Waals surface area contributed by atoms with E-state index in [0.717, 1.165) is 39.8 Å². The first-order chi connectivity index (χ1) is 11.9. The molecule has 4 rings (SSSR count). The van der Waals surface area contributed by atoms with Crippen LogP contribution in [0.25, 0.3) is 22.7 Å². The maximum absolute atomic E-state index is 6.40. The molecule has 3 heterocycles. The number of fused-ring (bicyclic) bond motifs is 1. The van der Waals surface area contributed by atoms with Crippen molar-refractivity contribution in [3.05, 3.63) is 57.2 Å². The smallest absolute Gasteiger partial charge is 0.249 e. The fraction of sp³-hybridized carbons (Fsp3) is 0.222. The second-order valence-electron chi connectivity index (χ2n) is 6.12. The van der Waals surface area contributed by atoms with Crippen LogP contribution in [0.1, 0.15) is 22.8 Å². The Bertz CT molecular complexity index is 1120. The zero-order chi connectivity index (χ0) is 17.9. The molecule has 0 aliphatic heterocycles. The molecule has 0 unspecified atom stereocenters. The Kier molecular flexibility index (Phi) is 3.67. The lowest BCUT2D eigenvalue weighted by molar-refractivity contribution is 0.569. The van der Waals surface area contributed by atoms with Crippen LogP contribution >= 0.6 is 23.2 Å². The maximum Gasteiger partial charge on any atom is 0.249 e. The van der Waals surface area contributed by atoms with Crippen LogP contribution < -0.4 is 0 Å². The molecule has 0 saturated carbocycles. The first kappa shape index (κ1) is 16.2. The van der Waals surface area contributed by atoms with E-state index in [9.17, 15) is 0 Å². The van der Waals surface area contributed by atoms with Crippen molar-refractivity contribution in [3.8, 4) is 16.9 Å². The van der Waals surface area contributed by atoms with Gasteiger partial charge in [-0.05, 0) is 52.0 Å². The van der Waals surface area contributed by atoms with Gasteiger partial charge in [-0.15, -0.1) is 0 Å². The Morgan fingerprint density at radius 1 is 1.00 bits per heavy atom. The molecule has 3 aromatic heterocycles. The lowest BCUT2D eigenvalue weighted by Gasteiger charge is -2.03. The highest BCUT2D eigenvalue weighted by Crippen LogP contribution is 2.36. The predicted octanol–water partition coefficient (Wildman–Crippen LogP) is 5.32. The molecular formula is C18H16Cl2N4O. The summed E-state index contributed by atoms with van der Waals surface area (Å²) in [6.07, 6.45) is 0. The van der Waals surface area contributed by atoms with Gasteiger partial charge in [-0.1, -0.05) is 23.2 Å². The minimum Gasteiger partial charge on any atom is -0.439 e. The molecular weight excluding hydrogens is 359 g/mol. The molecule has 128 valence electrons. The van der Waals surface area contributed by atoms with Gasteiger partial charge in [-0.3, -0.25) is 0 Å². The normalized spacial score (nSPS) is 11.6. The van der Waals surface area contributed by atoms with Crippen molar-refractivity contribution in [1.82, 2.24) is 19.4 Å². The van der Waals surface area contributed by atoms with E-state index in [-0.39, 0.29) is 0 Å². The quantitative estimate of drug-likeness (QED) is 0.476. The average Bonchev–Trinajstić information content (AvgIpc) is 3.11. The van der Waals surface area contributed by atoms with Crippen molar-refractivity contribution in [2.45, 2.75) is 27.7 Å². The van der Waals surface area contributed by atoms with Gasteiger partial charge >= 0.3 is 0 Å². The van der Waals surface area contributed by atoms with E-state index in [4.69, 9.17) is 27.6 Å².